The average Bonchev–Trinajstić information content (AvgIpc) is 3.64. The van der Waals surface area contributed by atoms with Gasteiger partial charge in [0.2, 0.25) is 0 Å². The Morgan fingerprint density at radius 3 is 2.27 bits per heavy atom. The van der Waals surface area contributed by atoms with Crippen LogP contribution < -0.4 is 16.0 Å². The van der Waals surface area contributed by atoms with Crippen molar-refractivity contribution in [3.05, 3.63) is 42.7 Å². The van der Waals surface area contributed by atoms with Crippen molar-refractivity contribution >= 4 is 46.4 Å². The second kappa shape index (κ2) is 13.8. The van der Waals surface area contributed by atoms with Crippen LogP contribution in [0.1, 0.15) is 22.8 Å². The summed E-state index contributed by atoms with van der Waals surface area (Å²) < 4.78 is 68.4. The maximum atomic E-state index is 12.6. The highest BCUT2D eigenvalue weighted by molar-refractivity contribution is 7.61. The lowest BCUT2D eigenvalue weighted by atomic mass is 10.1. The van der Waals surface area contributed by atoms with E-state index < -0.39 is 91.7 Å². The summed E-state index contributed by atoms with van der Waals surface area (Å²) in [6.45, 7) is -2.08. The maximum absolute atomic E-state index is 12.6. The van der Waals surface area contributed by atoms with Gasteiger partial charge in [-0.2, -0.15) is 8.88 Å². The molecule has 1 amide bonds. The fourth-order valence-corrected chi connectivity index (χ4v) is 7.52. The number of carbonyl (C=O) groups excluding carboxylic acids is 1. The Labute approximate surface area is 267 Å². The van der Waals surface area contributed by atoms with Gasteiger partial charge >= 0.3 is 23.5 Å². The molecule has 2 aliphatic heterocycles. The van der Waals surface area contributed by atoms with Crippen molar-refractivity contribution in [2.75, 3.05) is 18.9 Å². The molecule has 5 heterocycles. The standard InChI is InChI=1S/C21H28N7O17P3/c22-17-12-19(25-7-24-17)28(8-26-12)21-15(31)16(44-46(33,34)35)11(43-21)6-41-48(38,39)45-47(36,37)40-5-10-13(29)14(30)20(42-10)27-3-1-2-9(4-27)18(23)32/h1-4,7-8,10-11,13-16,20-21,29-31H,5-6H2,(H7-,22,23,24,25,32,33,34,35,36,37,38,39)/p+1/t10-,11-,13-,14-,15+,16-,20-,21-/m1/s1. The van der Waals surface area contributed by atoms with Crippen LogP contribution in [0, 0.1) is 0 Å². The molecule has 0 aliphatic carbocycles. The highest BCUT2D eigenvalue weighted by atomic mass is 31.3. The van der Waals surface area contributed by atoms with Gasteiger partial charge in [0.05, 0.1) is 19.5 Å². The molecule has 264 valence electrons. The number of phosphoric acid groups is 3. The molecule has 2 fully saturated rings. The number of aliphatic hydroxyl groups excluding tert-OH is 3. The summed E-state index contributed by atoms with van der Waals surface area (Å²) in [7, 11) is -16.4. The van der Waals surface area contributed by atoms with Gasteiger partial charge in [-0.25, -0.2) is 28.6 Å². The first-order valence-electron chi connectivity index (χ1n) is 13.3. The summed E-state index contributed by atoms with van der Waals surface area (Å²) in [6, 6.07) is 2.79. The number of nitrogens with zero attached hydrogens (tertiary/aromatic N) is 5. The number of rotatable bonds is 13. The van der Waals surface area contributed by atoms with Crippen LogP contribution in [0.3, 0.4) is 0 Å². The first kappa shape index (κ1) is 36.4. The third-order valence-electron chi connectivity index (χ3n) is 6.98. The zero-order valence-corrected chi connectivity index (χ0v) is 26.6. The van der Waals surface area contributed by atoms with Crippen LogP contribution in [0.15, 0.2) is 37.2 Å². The van der Waals surface area contributed by atoms with E-state index in [9.17, 15) is 53.4 Å². The fraction of sp³-hybridized carbons (Fsp3) is 0.476. The summed E-state index contributed by atoms with van der Waals surface area (Å²) >= 11 is 0. The molecule has 0 aromatic carbocycles. The van der Waals surface area contributed by atoms with Crippen molar-refractivity contribution in [1.29, 1.82) is 0 Å². The molecule has 10 atom stereocenters. The number of phosphoric ester groups is 3. The molecule has 24 nitrogen and oxygen atoms in total. The van der Waals surface area contributed by atoms with Gasteiger partial charge < -0.3 is 55.8 Å². The number of aromatic nitrogens is 5. The van der Waals surface area contributed by atoms with Gasteiger partial charge in [0.25, 0.3) is 12.1 Å². The van der Waals surface area contributed by atoms with Gasteiger partial charge in [-0.1, -0.05) is 0 Å². The molecule has 2 aliphatic rings. The number of carbonyl (C=O) groups is 1. The number of pyridine rings is 1. The highest BCUT2D eigenvalue weighted by Crippen LogP contribution is 2.61. The molecular weight excluding hydrogens is 715 g/mol. The Bertz CT molecular complexity index is 1810. The average molecular weight is 744 g/mol. The monoisotopic (exact) mass is 744 g/mol. The van der Waals surface area contributed by atoms with E-state index in [0.29, 0.717) is 0 Å². The van der Waals surface area contributed by atoms with E-state index >= 15 is 0 Å². The minimum Gasteiger partial charge on any atom is -0.387 e. The lowest BCUT2D eigenvalue weighted by Gasteiger charge is -2.22. The van der Waals surface area contributed by atoms with E-state index in [-0.39, 0.29) is 22.5 Å². The predicted molar refractivity (Wildman–Crippen MR) is 150 cm³/mol. The van der Waals surface area contributed by atoms with E-state index in [4.69, 9.17) is 25.5 Å². The number of hydrogen-bond donors (Lipinski definition) is 9. The van der Waals surface area contributed by atoms with Crippen LogP contribution in [0.4, 0.5) is 5.82 Å². The van der Waals surface area contributed by atoms with Crippen molar-refractivity contribution in [1.82, 2.24) is 19.5 Å². The summed E-state index contributed by atoms with van der Waals surface area (Å²) in [5.74, 6) is -0.832. The van der Waals surface area contributed by atoms with Crippen LogP contribution in [-0.4, -0.2) is 110 Å². The van der Waals surface area contributed by atoms with Crippen LogP contribution in [0.5, 0.6) is 0 Å². The van der Waals surface area contributed by atoms with E-state index in [1.807, 2.05) is 0 Å². The van der Waals surface area contributed by atoms with Crippen LogP contribution in [-0.2, 0) is 41.1 Å². The van der Waals surface area contributed by atoms with E-state index in [1.165, 1.54) is 29.1 Å². The van der Waals surface area contributed by atoms with Crippen LogP contribution in [0.25, 0.3) is 11.2 Å². The fourth-order valence-electron chi connectivity index (χ4n) is 4.85. The minimum atomic E-state index is -5.56. The number of hydrogen-bond acceptors (Lipinski definition) is 17. The van der Waals surface area contributed by atoms with Gasteiger partial charge in [0, 0.05) is 6.07 Å². The smallest absolute Gasteiger partial charge is 0.387 e. The van der Waals surface area contributed by atoms with Crippen molar-refractivity contribution in [3.63, 3.8) is 0 Å². The molecule has 48 heavy (non-hydrogen) atoms. The number of fused-ring (bicyclic) bond motifs is 1. The Kier molecular flexibility index (Phi) is 10.5. The number of aliphatic hydroxyl groups is 3. The zero-order chi connectivity index (χ0) is 35.2. The summed E-state index contributed by atoms with van der Waals surface area (Å²) in [4.78, 5) is 62.2. The van der Waals surface area contributed by atoms with Crippen molar-refractivity contribution in [2.24, 2.45) is 5.73 Å². The molecule has 27 heteroatoms. The molecule has 0 saturated carbocycles. The molecule has 2 unspecified atom stereocenters. The quantitative estimate of drug-likeness (QED) is 0.0626. The summed E-state index contributed by atoms with van der Waals surface area (Å²) in [5, 5.41) is 31.6. The Balaban J connectivity index is 1.22. The Morgan fingerprint density at radius 2 is 1.62 bits per heavy atom. The summed E-state index contributed by atoms with van der Waals surface area (Å²) in [6.07, 6.45) is -8.38. The van der Waals surface area contributed by atoms with Crippen molar-refractivity contribution in [3.8, 4) is 0 Å². The third kappa shape index (κ3) is 8.12. The number of nitrogens with two attached hydrogens (primary N) is 2. The lowest BCUT2D eigenvalue weighted by molar-refractivity contribution is -0.765. The molecule has 11 N–H and O–H groups in total. The topological polar surface area (TPSA) is 365 Å². The second-order valence-corrected chi connectivity index (χ2v) is 14.5. The molecule has 3 aromatic heterocycles. The number of anilines is 1. The van der Waals surface area contributed by atoms with E-state index in [2.05, 4.69) is 28.3 Å². The molecule has 2 saturated heterocycles. The Hall–Kier alpha value is -2.86. The largest absolute Gasteiger partial charge is 0.481 e. The SMILES string of the molecule is NC(=O)c1ccc[n+]([C@@H]2O[C@H](COP(=O)(O)OP(=O)(O)OC[C@H]3O[C@@H](n4cnc5c(N)ncnc54)[C@@H](O)[C@@H]3OP(=O)(O)O)[C@@H](O)[C@H]2O)c1. The minimum absolute atomic E-state index is 0.0329. The molecular formula is C21H29N7O17P3+. The lowest BCUT2D eigenvalue weighted by Crippen LogP contribution is -2.46. The van der Waals surface area contributed by atoms with Crippen LogP contribution >= 0.6 is 23.5 Å². The molecule has 5 rings (SSSR count). The van der Waals surface area contributed by atoms with Gasteiger partial charge in [-0.15, -0.1) is 0 Å². The van der Waals surface area contributed by atoms with Gasteiger partial charge in [-0.3, -0.25) is 22.9 Å². The number of nitrogen functional groups attached to an aromatic ring is 1. The van der Waals surface area contributed by atoms with Crippen molar-refractivity contribution in [2.45, 2.75) is 49.1 Å². The van der Waals surface area contributed by atoms with Crippen molar-refractivity contribution < 1.29 is 85.3 Å². The normalized spacial score (nSPS) is 30.3. The van der Waals surface area contributed by atoms with Crippen LogP contribution in [0.2, 0.25) is 0 Å². The molecule has 3 aromatic rings. The number of amides is 1. The molecule has 0 bridgehead atoms. The zero-order valence-electron chi connectivity index (χ0n) is 23.9. The third-order valence-corrected chi connectivity index (χ3v) is 10.1. The van der Waals surface area contributed by atoms with Gasteiger partial charge in [0.15, 0.2) is 36.2 Å². The number of imidazole rings is 1. The molecule has 0 spiro atoms. The predicted octanol–water partition coefficient (Wildman–Crippen LogP) is -2.90. The van der Waals surface area contributed by atoms with E-state index in [0.717, 1.165) is 17.2 Å². The highest BCUT2D eigenvalue weighted by Gasteiger charge is 2.51. The first-order valence-corrected chi connectivity index (χ1v) is 17.9. The van der Waals surface area contributed by atoms with Gasteiger partial charge in [0.1, 0.15) is 47.9 Å². The van der Waals surface area contributed by atoms with E-state index in [1.54, 1.807) is 0 Å². The first-order chi connectivity index (χ1) is 22.4. The maximum Gasteiger partial charge on any atom is 0.481 e. The second-order valence-electron chi connectivity index (χ2n) is 10.3. The summed E-state index contributed by atoms with van der Waals surface area (Å²) in [5.41, 5.74) is 11.2. The number of ether oxygens (including phenoxy) is 2. The van der Waals surface area contributed by atoms with Gasteiger partial charge in [-0.05, 0) is 6.07 Å². The molecule has 0 radical (unpaired) electrons. The Morgan fingerprint density at radius 1 is 0.958 bits per heavy atom. The number of primary amides is 1.